The molecule has 3 unspecified atom stereocenters. The molecule has 23 nitrogen and oxygen atoms in total. The summed E-state index contributed by atoms with van der Waals surface area (Å²) < 4.78 is 0. The number of hydrogen-bond donors (Lipinski definition) is 13. The summed E-state index contributed by atoms with van der Waals surface area (Å²) in [6.45, 7) is 18.7. The van der Waals surface area contributed by atoms with Gasteiger partial charge < -0.3 is 67.1 Å². The van der Waals surface area contributed by atoms with Crippen LogP contribution in [0.3, 0.4) is 0 Å². The van der Waals surface area contributed by atoms with Crippen LogP contribution < -0.4 is 43.3 Å². The average molecular weight is 1310 g/mol. The van der Waals surface area contributed by atoms with Gasteiger partial charge in [0.05, 0.1) is 80.5 Å². The van der Waals surface area contributed by atoms with E-state index in [1.165, 1.54) is 51.1 Å². The van der Waals surface area contributed by atoms with E-state index in [-0.39, 0.29) is 91.5 Å². The highest BCUT2D eigenvalue weighted by Crippen LogP contribution is 2.32. The molecule has 0 aromatic carbocycles. The van der Waals surface area contributed by atoms with Gasteiger partial charge in [0.2, 0.25) is 0 Å². The standard InChI is InChI=1S/C17H26N2O2.C16H24N2O2.2C14H21N3O2.C11H15N3O2/c1-2-3-4-5-6-14(12-20)19-11-13-7-8-15-16(21)9-10-18-17(13)15;1-2-3-4-5-13(11-19)18-10-12-6-7-14-15(20)8-9-17-16(12)14;1-9(2)5-11(7-18)15-6-10-3-4-12-13(10)16-8-17-14(12)19;1-3-9(2)12(7-18)15-6-10-4-5-11-13(10)16-8-17-14(11)19;1-7(5-15)12-4-8-2-3-9-10(8)13-6-14-11(9)16/h7,10,14,19-20H,2-6,8-9,11-12H2,1H3;6,9,13,18-19H,2-5,7-8,10-11H2,1H3;3,8-9,11,15,18H,4-7H2,1-2H3,(H,16,17,19);4,8-9,12,15,18H,3,5-7H2,1-2H3,(H,16,17,19);2,6-7,12,15H,3-5H2,1H3,(H,13,14,16)/t14-;13-;;9-,12?;/m00.0./s1. The molecule has 5 heterocycles. The molecule has 7 aliphatic rings. The van der Waals surface area contributed by atoms with Crippen LogP contribution in [0.1, 0.15) is 179 Å². The topological polar surface area (TPSA) is 357 Å². The zero-order valence-corrected chi connectivity index (χ0v) is 57.1. The lowest BCUT2D eigenvalue weighted by molar-refractivity contribution is -0.115. The molecule has 0 spiro atoms. The Morgan fingerprint density at radius 1 is 0.442 bits per heavy atom. The number of carbonyl (C=O) groups excluding carboxylic acids is 2. The number of H-pyrrole nitrogens is 3. The number of carbonyl (C=O) groups is 2. The average Bonchev–Trinajstić information content (AvgIpc) is 1.74. The van der Waals surface area contributed by atoms with Gasteiger partial charge >= 0.3 is 0 Å². The number of aliphatic imine (C=N–C) groups is 2. The molecule has 0 amide bonds. The molecule has 5 aliphatic carbocycles. The molecular formula is C72H107N13O10. The summed E-state index contributed by atoms with van der Waals surface area (Å²) in [5.74, 6) is 1.35. The maximum Gasteiger partial charge on any atom is 0.254 e. The number of aromatic nitrogens is 6. The van der Waals surface area contributed by atoms with Gasteiger partial charge in [-0.3, -0.25) is 34.0 Å². The van der Waals surface area contributed by atoms with Crippen molar-refractivity contribution in [2.75, 3.05) is 65.8 Å². The monoisotopic (exact) mass is 1310 g/mol. The van der Waals surface area contributed by atoms with Gasteiger partial charge in [-0.15, -0.1) is 0 Å². The van der Waals surface area contributed by atoms with E-state index in [1.807, 2.05) is 25.2 Å². The van der Waals surface area contributed by atoms with Crippen LogP contribution in [0.4, 0.5) is 0 Å². The third-order valence-electron chi connectivity index (χ3n) is 18.1. The van der Waals surface area contributed by atoms with Gasteiger partial charge in [0.25, 0.3) is 16.7 Å². The van der Waals surface area contributed by atoms with Crippen LogP contribution >= 0.6 is 0 Å². The number of hydrogen-bond acceptors (Lipinski definition) is 20. The molecule has 10 rings (SSSR count). The second kappa shape index (κ2) is 41.3. The van der Waals surface area contributed by atoms with Crippen molar-refractivity contribution in [1.29, 1.82) is 0 Å². The number of unbranched alkanes of at least 4 members (excludes halogenated alkanes) is 5. The minimum absolute atomic E-state index is 0.0481. The zero-order chi connectivity index (χ0) is 68.7. The lowest BCUT2D eigenvalue weighted by Crippen LogP contribution is -2.38. The van der Waals surface area contributed by atoms with Gasteiger partial charge in [0, 0.05) is 116 Å². The first-order valence-electron chi connectivity index (χ1n) is 34.5. The van der Waals surface area contributed by atoms with E-state index in [4.69, 9.17) is 5.11 Å². The second-order valence-electron chi connectivity index (χ2n) is 25.7. The number of rotatable bonds is 33. The van der Waals surface area contributed by atoms with Crippen molar-refractivity contribution in [1.82, 2.24) is 56.5 Å². The van der Waals surface area contributed by atoms with E-state index in [1.54, 1.807) is 12.4 Å². The number of nitrogens with zero attached hydrogens (tertiary/aromatic N) is 5. The minimum atomic E-state index is -0.0635. The van der Waals surface area contributed by atoms with Crippen LogP contribution in [-0.4, -0.2) is 175 Å². The first-order valence-corrected chi connectivity index (χ1v) is 34.5. The van der Waals surface area contributed by atoms with Crippen molar-refractivity contribution in [2.45, 2.75) is 194 Å². The van der Waals surface area contributed by atoms with Gasteiger partial charge in [-0.2, -0.15) is 0 Å². The number of allylic oxidation sites excluding steroid dienone is 7. The Morgan fingerprint density at radius 2 is 0.832 bits per heavy atom. The Bertz CT molecular complexity index is 3460. The predicted octanol–water partition coefficient (Wildman–Crippen LogP) is 5.77. The Kier molecular flexibility index (Phi) is 33.5. The van der Waals surface area contributed by atoms with E-state index in [0.717, 1.165) is 123 Å². The predicted molar refractivity (Wildman–Crippen MR) is 377 cm³/mol. The van der Waals surface area contributed by atoms with Crippen molar-refractivity contribution in [3.63, 3.8) is 0 Å². The van der Waals surface area contributed by atoms with Crippen molar-refractivity contribution in [2.24, 2.45) is 21.8 Å². The number of fused-ring (bicyclic) bond motifs is 3. The summed E-state index contributed by atoms with van der Waals surface area (Å²) in [5, 5.41) is 63.1. The number of aromatic amines is 3. The summed E-state index contributed by atoms with van der Waals surface area (Å²) in [4.78, 5) is 87.4. The third kappa shape index (κ3) is 23.4. The first-order chi connectivity index (χ1) is 46.0. The Hall–Kier alpha value is -6.90. The van der Waals surface area contributed by atoms with E-state index in [9.17, 15) is 44.4 Å². The Balaban J connectivity index is 0.000000188. The summed E-state index contributed by atoms with van der Waals surface area (Å²) in [7, 11) is 0. The van der Waals surface area contributed by atoms with Crippen LogP contribution in [0.2, 0.25) is 0 Å². The van der Waals surface area contributed by atoms with E-state index in [0.29, 0.717) is 89.5 Å². The Labute approximate surface area is 559 Å². The first kappa shape index (κ1) is 77.1. The van der Waals surface area contributed by atoms with Gasteiger partial charge in [-0.05, 0) is 98.0 Å². The van der Waals surface area contributed by atoms with Crippen molar-refractivity contribution >= 4 is 40.7 Å². The molecule has 6 atom stereocenters. The lowest BCUT2D eigenvalue weighted by Gasteiger charge is -2.22. The minimum Gasteiger partial charge on any atom is -0.395 e. The molecule has 0 saturated heterocycles. The fraction of sp³-hybridized carbons (Fsp3) is 0.583. The highest BCUT2D eigenvalue weighted by Gasteiger charge is 2.28. The van der Waals surface area contributed by atoms with Crippen LogP contribution in [0.25, 0.3) is 16.7 Å². The van der Waals surface area contributed by atoms with Crippen LogP contribution in [0.5, 0.6) is 0 Å². The summed E-state index contributed by atoms with van der Waals surface area (Å²) in [5.41, 5.74) is 13.1. The van der Waals surface area contributed by atoms with Gasteiger partial charge in [0.15, 0.2) is 11.6 Å². The maximum absolute atomic E-state index is 11.8. The molecule has 0 radical (unpaired) electrons. The van der Waals surface area contributed by atoms with E-state index >= 15 is 0 Å². The highest BCUT2D eigenvalue weighted by atomic mass is 16.3. The molecule has 0 bridgehead atoms. The summed E-state index contributed by atoms with van der Waals surface area (Å²) >= 11 is 0. The van der Waals surface area contributed by atoms with Crippen molar-refractivity contribution < 1.29 is 35.1 Å². The number of Topliss-reactive ketones (excluding diaryl/α,β-unsaturated/α-hetero) is 2. The van der Waals surface area contributed by atoms with Crippen LogP contribution in [-0.2, 0) is 28.9 Å². The van der Waals surface area contributed by atoms with Gasteiger partial charge in [0.1, 0.15) is 0 Å². The maximum atomic E-state index is 11.8. The highest BCUT2D eigenvalue weighted by molar-refractivity contribution is 6.08. The van der Waals surface area contributed by atoms with E-state index in [2.05, 4.69) is 120 Å². The second-order valence-corrected chi connectivity index (χ2v) is 25.7. The normalized spacial score (nSPS) is 17.4. The number of aliphatic hydroxyl groups excluding tert-OH is 5. The largest absolute Gasteiger partial charge is 0.395 e. The molecule has 23 heteroatoms. The van der Waals surface area contributed by atoms with Gasteiger partial charge in [-0.25, -0.2) is 15.0 Å². The quantitative estimate of drug-likeness (QED) is 0.0322. The molecule has 520 valence electrons. The van der Waals surface area contributed by atoms with Crippen molar-refractivity contribution in [3.05, 3.63) is 148 Å². The number of ketones is 2. The Morgan fingerprint density at radius 3 is 1.23 bits per heavy atom. The molecular weight excluding hydrogens is 1210 g/mol. The molecule has 2 aliphatic heterocycles. The smallest absolute Gasteiger partial charge is 0.254 e. The molecule has 3 aromatic heterocycles. The fourth-order valence-corrected chi connectivity index (χ4v) is 12.0. The van der Waals surface area contributed by atoms with Crippen molar-refractivity contribution in [3.8, 4) is 0 Å². The fourth-order valence-electron chi connectivity index (χ4n) is 12.0. The molecule has 0 fully saturated rings. The van der Waals surface area contributed by atoms with Crippen LogP contribution in [0, 0.1) is 11.8 Å². The molecule has 95 heavy (non-hydrogen) atoms. The number of aliphatic hydroxyl groups is 5. The third-order valence-corrected chi connectivity index (χ3v) is 18.1. The zero-order valence-electron chi connectivity index (χ0n) is 57.1. The van der Waals surface area contributed by atoms with Crippen LogP contribution in [0.15, 0.2) is 107 Å². The molecule has 3 aromatic rings. The summed E-state index contributed by atoms with van der Waals surface area (Å²) in [6.07, 6.45) is 34.5. The van der Waals surface area contributed by atoms with E-state index < -0.39 is 0 Å². The molecule has 13 N–H and O–H groups in total. The SMILES string of the molecule is CC(C)CC(CO)NCC1=CCc2c1nc[nH]c2=O.CC(CO)NCC1=CCc2c1nc[nH]c2=O.CCCCCC[C@@H](CO)NCC1=CCC2=C1N=CCC2=O.CCCCC[C@@H](CO)NCC1=CCC2=C1N=CCC2=O.CC[C@H](C)C(CO)NCC1=CCc2c1nc[nH]c2=O. The lowest BCUT2D eigenvalue weighted by atomic mass is 9.99. The molecule has 0 saturated carbocycles. The summed E-state index contributed by atoms with van der Waals surface area (Å²) in [6, 6.07) is 0.488. The van der Waals surface area contributed by atoms with Gasteiger partial charge in [-0.1, -0.05) is 123 Å². The number of nitrogens with one attached hydrogen (secondary N) is 8.